The Labute approximate surface area is 354 Å². The van der Waals surface area contributed by atoms with Gasteiger partial charge in [0.15, 0.2) is 18.7 Å². The predicted octanol–water partition coefficient (Wildman–Crippen LogP) is 4.01. The van der Waals surface area contributed by atoms with Crippen LogP contribution in [0.25, 0.3) is 0 Å². The maximum absolute atomic E-state index is 12.9. The van der Waals surface area contributed by atoms with Crippen LogP contribution in [0.3, 0.4) is 0 Å². The number of aliphatic carboxylic acids is 1. The number of carbonyl (C=O) groups excluding carboxylic acids is 1. The van der Waals surface area contributed by atoms with Crippen LogP contribution >= 0.6 is 0 Å². The van der Waals surface area contributed by atoms with Gasteiger partial charge in [-0.2, -0.15) is 0 Å². The topological polar surface area (TPSA) is 222 Å². The summed E-state index contributed by atoms with van der Waals surface area (Å²) in [7, 11) is 0. The predicted molar refractivity (Wildman–Crippen MR) is 217 cm³/mol. The number of allylic oxidation sites excluding steroid dienone is 3. The summed E-state index contributed by atoms with van der Waals surface area (Å²) in [6.45, 7) is 14.3. The van der Waals surface area contributed by atoms with Crippen LogP contribution in [-0.2, 0) is 33.3 Å². The first-order chi connectivity index (χ1) is 28.2. The lowest BCUT2D eigenvalue weighted by Crippen LogP contribution is -2.64. The molecule has 0 spiro atoms. The van der Waals surface area contributed by atoms with E-state index < -0.39 is 73.3 Å². The molecule has 2 heterocycles. The molecule has 14 nitrogen and oxygen atoms in total. The second-order valence-corrected chi connectivity index (χ2v) is 21.2. The Morgan fingerprint density at radius 2 is 1.50 bits per heavy atom. The van der Waals surface area contributed by atoms with Crippen molar-refractivity contribution in [2.24, 2.45) is 50.7 Å². The van der Waals surface area contributed by atoms with E-state index in [2.05, 4.69) is 40.7 Å². The van der Waals surface area contributed by atoms with E-state index in [1.807, 2.05) is 6.92 Å². The van der Waals surface area contributed by atoms with Crippen LogP contribution in [0.5, 0.6) is 0 Å². The lowest BCUT2D eigenvalue weighted by molar-refractivity contribution is -0.329. The number of carboxylic acids is 1. The molecule has 7 rings (SSSR count). The van der Waals surface area contributed by atoms with Crippen LogP contribution in [0.15, 0.2) is 23.3 Å². The molecule has 340 valence electrons. The Kier molecular flexibility index (Phi) is 12.9. The molecule has 18 atom stereocenters. The van der Waals surface area contributed by atoms with E-state index in [1.165, 1.54) is 5.57 Å². The minimum Gasteiger partial charge on any atom is -0.479 e. The van der Waals surface area contributed by atoms with Crippen molar-refractivity contribution in [2.45, 2.75) is 181 Å². The van der Waals surface area contributed by atoms with Crippen molar-refractivity contribution in [1.82, 2.24) is 0 Å². The molecule has 0 aromatic heterocycles. The third-order valence-electron chi connectivity index (χ3n) is 17.5. The molecule has 60 heavy (non-hydrogen) atoms. The van der Waals surface area contributed by atoms with Crippen LogP contribution in [-0.4, -0.2) is 129 Å². The van der Waals surface area contributed by atoms with Gasteiger partial charge in [0, 0.05) is 41.3 Å². The zero-order valence-corrected chi connectivity index (χ0v) is 36.6. The second kappa shape index (κ2) is 16.9. The highest BCUT2D eigenvalue weighted by atomic mass is 16.7. The lowest BCUT2D eigenvalue weighted by atomic mass is 9.37. The minimum atomic E-state index is -1.63. The fourth-order valence-electron chi connectivity index (χ4n) is 13.9. The molecule has 4 unspecified atom stereocenters. The second-order valence-electron chi connectivity index (χ2n) is 21.2. The fourth-order valence-corrected chi connectivity index (χ4v) is 13.9. The van der Waals surface area contributed by atoms with Gasteiger partial charge in [-0.3, -0.25) is 0 Å². The summed E-state index contributed by atoms with van der Waals surface area (Å²) in [5.41, 5.74) is 0.638. The van der Waals surface area contributed by atoms with E-state index in [1.54, 1.807) is 13.0 Å². The first-order valence-corrected chi connectivity index (χ1v) is 22.5. The van der Waals surface area contributed by atoms with Gasteiger partial charge in [0.1, 0.15) is 24.4 Å². The van der Waals surface area contributed by atoms with Crippen molar-refractivity contribution in [3.63, 3.8) is 0 Å². The summed E-state index contributed by atoms with van der Waals surface area (Å²) in [5, 5.41) is 73.9. The van der Waals surface area contributed by atoms with Crippen LogP contribution < -0.4 is 0 Å². The average Bonchev–Trinajstić information content (AvgIpc) is 3.20. The van der Waals surface area contributed by atoms with Gasteiger partial charge >= 0.3 is 11.9 Å². The van der Waals surface area contributed by atoms with Gasteiger partial charge in [-0.25, -0.2) is 9.59 Å². The maximum atomic E-state index is 12.9. The molecular formula is C46H72O14. The van der Waals surface area contributed by atoms with E-state index in [0.29, 0.717) is 30.3 Å². The molecule has 2 aliphatic heterocycles. The molecule has 7 N–H and O–H groups in total. The van der Waals surface area contributed by atoms with Crippen LogP contribution in [0.4, 0.5) is 0 Å². The quantitative estimate of drug-likeness (QED) is 0.0715. The Balaban J connectivity index is 1.07. The summed E-state index contributed by atoms with van der Waals surface area (Å²) in [4.78, 5) is 25.5. The Bertz CT molecular complexity index is 1660. The molecule has 6 fully saturated rings. The van der Waals surface area contributed by atoms with Crippen LogP contribution in [0, 0.1) is 50.7 Å². The number of hydrogen-bond donors (Lipinski definition) is 7. The lowest BCUT2D eigenvalue weighted by Gasteiger charge is -2.69. The Hall–Kier alpha value is -1.98. The van der Waals surface area contributed by atoms with Crippen LogP contribution in [0.1, 0.15) is 119 Å². The first kappa shape index (κ1) is 46.0. The van der Waals surface area contributed by atoms with E-state index in [-0.39, 0.29) is 71.6 Å². The van der Waals surface area contributed by atoms with Gasteiger partial charge in [-0.05, 0) is 106 Å². The highest BCUT2D eigenvalue weighted by molar-refractivity contribution is 5.87. The summed E-state index contributed by atoms with van der Waals surface area (Å²) in [6.07, 6.45) is 0.329. The van der Waals surface area contributed by atoms with Crippen molar-refractivity contribution in [3.8, 4) is 0 Å². The van der Waals surface area contributed by atoms with E-state index in [9.17, 15) is 45.3 Å². The maximum Gasteiger partial charge on any atom is 0.335 e. The highest BCUT2D eigenvalue weighted by Crippen LogP contribution is 2.72. The highest BCUT2D eigenvalue weighted by Gasteiger charge is 2.67. The number of rotatable bonds is 10. The smallest absolute Gasteiger partial charge is 0.335 e. The number of carboxylic acid groups (broad SMARTS) is 1. The molecule has 4 saturated carbocycles. The molecule has 0 amide bonds. The SMILES string of the molecule is C/C=C(/C)C(=O)O[C@@H]1C[C@]2(CO)CCC3C(=CCC4[C@@]3(C)CCC3[C@]4(C)CC[C@H](O[C@H]4C[C@@H](O)[C@H](O[C@H]5C[C@@H](O)[C@H](O)[C@@H](CO)O5)[C@@H](C(=O)O)O4)[C@]3(C)CO)C2CC1(C)C. The largest absolute Gasteiger partial charge is 0.479 e. The van der Waals surface area contributed by atoms with Crippen molar-refractivity contribution >= 4 is 11.9 Å². The number of ether oxygens (including phenoxy) is 5. The van der Waals surface area contributed by atoms with Crippen molar-refractivity contribution in [3.05, 3.63) is 23.3 Å². The monoisotopic (exact) mass is 848 g/mol. The molecule has 0 radical (unpaired) electrons. The van der Waals surface area contributed by atoms with E-state index >= 15 is 0 Å². The molecule has 0 aromatic carbocycles. The standard InChI is InChI=1S/C46H72O14/c1-8-24(2)41(55)58-34-20-46(23-49)16-11-26-25(27(46)19-42(34,3)4)9-10-31-43(26,5)14-12-32-44(31,6)15-13-33(45(32,7)22-48)57-36-18-29(51)38(39(60-36)40(53)54)59-35-17-28(50)37(52)30(21-47)56-35/h8-9,26-39,47-52H,10-23H2,1-7H3,(H,53,54)/b24-8-/t26?,27?,28-,29-,30-,31?,32?,33+,34-,35+,36-,37+,38+,39+,43+,44-,45-,46+/m1/s1. The molecule has 14 heteroatoms. The average molecular weight is 849 g/mol. The minimum absolute atomic E-state index is 0.00514. The molecular weight excluding hydrogens is 776 g/mol. The van der Waals surface area contributed by atoms with Gasteiger partial charge in [0.25, 0.3) is 0 Å². The van der Waals surface area contributed by atoms with E-state index in [4.69, 9.17) is 23.7 Å². The fraction of sp³-hybridized carbons (Fsp3) is 0.870. The summed E-state index contributed by atoms with van der Waals surface area (Å²) >= 11 is 0. The molecule has 0 bridgehead atoms. The number of aliphatic hydroxyl groups is 6. The Morgan fingerprint density at radius 3 is 2.15 bits per heavy atom. The summed E-state index contributed by atoms with van der Waals surface area (Å²) < 4.78 is 30.2. The van der Waals surface area contributed by atoms with Gasteiger partial charge < -0.3 is 59.4 Å². The summed E-state index contributed by atoms with van der Waals surface area (Å²) in [5.74, 6) is -0.677. The van der Waals surface area contributed by atoms with Crippen molar-refractivity contribution in [1.29, 1.82) is 0 Å². The van der Waals surface area contributed by atoms with Gasteiger partial charge in [0.05, 0.1) is 31.5 Å². The molecule has 2 saturated heterocycles. The van der Waals surface area contributed by atoms with Crippen molar-refractivity contribution in [2.75, 3.05) is 19.8 Å². The van der Waals surface area contributed by atoms with Crippen LogP contribution in [0.2, 0.25) is 0 Å². The van der Waals surface area contributed by atoms with E-state index in [0.717, 1.165) is 44.9 Å². The molecule has 0 aromatic rings. The first-order valence-electron chi connectivity index (χ1n) is 22.5. The van der Waals surface area contributed by atoms with Gasteiger partial charge in [0.2, 0.25) is 0 Å². The third-order valence-corrected chi connectivity index (χ3v) is 17.5. The zero-order valence-electron chi connectivity index (χ0n) is 36.6. The van der Waals surface area contributed by atoms with Gasteiger partial charge in [-0.15, -0.1) is 0 Å². The Morgan fingerprint density at radius 1 is 0.817 bits per heavy atom. The third kappa shape index (κ3) is 7.64. The summed E-state index contributed by atoms with van der Waals surface area (Å²) in [6, 6.07) is 0. The van der Waals surface area contributed by atoms with Gasteiger partial charge in [-0.1, -0.05) is 52.3 Å². The number of hydrogen-bond acceptors (Lipinski definition) is 13. The number of esters is 1. The molecule has 5 aliphatic carbocycles. The van der Waals surface area contributed by atoms with Crippen molar-refractivity contribution < 1.29 is 69.0 Å². The number of fused-ring (bicyclic) bond motifs is 7. The normalized spacial score (nSPS) is 49.0. The number of carbonyl (C=O) groups is 2. The number of aliphatic hydroxyl groups excluding tert-OH is 6. The zero-order chi connectivity index (χ0) is 43.7. The molecule has 7 aliphatic rings.